The summed E-state index contributed by atoms with van der Waals surface area (Å²) in [4.78, 5) is 28.8. The molecule has 8 nitrogen and oxygen atoms in total. The summed E-state index contributed by atoms with van der Waals surface area (Å²) in [7, 11) is 0. The third-order valence-corrected chi connectivity index (χ3v) is 7.10. The first kappa shape index (κ1) is 26.2. The van der Waals surface area contributed by atoms with E-state index in [1.807, 2.05) is 42.5 Å². The van der Waals surface area contributed by atoms with Gasteiger partial charge in [0.2, 0.25) is 0 Å². The zero-order valence-electron chi connectivity index (χ0n) is 21.9. The SMILES string of the molecule is CCOC(=O)C1=C(C(=O)OCC)C2(C(Nc3ccccc3)c3ccc(CN4CCOCC4)cc3)C=CC1O2. The van der Waals surface area contributed by atoms with Crippen LogP contribution in [0.5, 0.6) is 0 Å². The van der Waals surface area contributed by atoms with Crippen molar-refractivity contribution >= 4 is 17.6 Å². The topological polar surface area (TPSA) is 86.3 Å². The first-order valence-corrected chi connectivity index (χ1v) is 13.2. The Morgan fingerprint density at radius 3 is 2.37 bits per heavy atom. The molecule has 1 saturated heterocycles. The molecule has 0 aliphatic carbocycles. The van der Waals surface area contributed by atoms with Gasteiger partial charge in [-0.2, -0.15) is 0 Å². The van der Waals surface area contributed by atoms with Crippen LogP contribution in [0.15, 0.2) is 77.9 Å². The van der Waals surface area contributed by atoms with E-state index < -0.39 is 29.7 Å². The molecule has 3 aliphatic rings. The monoisotopic (exact) mass is 518 g/mol. The highest BCUT2D eigenvalue weighted by atomic mass is 16.6. The molecule has 3 heterocycles. The van der Waals surface area contributed by atoms with Crippen molar-refractivity contribution in [2.45, 2.75) is 38.1 Å². The Morgan fingerprint density at radius 1 is 1.00 bits per heavy atom. The highest BCUT2D eigenvalue weighted by molar-refractivity contribution is 6.05. The Bertz CT molecular complexity index is 1200. The third kappa shape index (κ3) is 5.12. The minimum absolute atomic E-state index is 0.177. The van der Waals surface area contributed by atoms with Crippen LogP contribution in [-0.2, 0) is 35.1 Å². The second-order valence-electron chi connectivity index (χ2n) is 9.49. The van der Waals surface area contributed by atoms with Gasteiger partial charge in [0, 0.05) is 25.3 Å². The molecule has 5 rings (SSSR count). The summed E-state index contributed by atoms with van der Waals surface area (Å²) in [5.74, 6) is -1.14. The number of ether oxygens (including phenoxy) is 4. The van der Waals surface area contributed by atoms with Gasteiger partial charge in [-0.3, -0.25) is 4.90 Å². The minimum atomic E-state index is -1.25. The summed E-state index contributed by atoms with van der Waals surface area (Å²) in [5, 5.41) is 3.58. The number of carbonyl (C=O) groups excluding carboxylic acids is 2. The molecule has 200 valence electrons. The zero-order chi connectivity index (χ0) is 26.5. The number of fused-ring (bicyclic) bond motifs is 2. The second-order valence-corrected chi connectivity index (χ2v) is 9.49. The summed E-state index contributed by atoms with van der Waals surface area (Å²) in [6, 6.07) is 17.5. The van der Waals surface area contributed by atoms with Gasteiger partial charge >= 0.3 is 11.9 Å². The van der Waals surface area contributed by atoms with Crippen LogP contribution in [-0.4, -0.2) is 68.1 Å². The van der Waals surface area contributed by atoms with Crippen LogP contribution in [0, 0.1) is 0 Å². The molecule has 3 unspecified atom stereocenters. The Hall–Kier alpha value is -3.46. The van der Waals surface area contributed by atoms with Crippen LogP contribution in [0.1, 0.15) is 31.0 Å². The molecule has 2 aromatic carbocycles. The van der Waals surface area contributed by atoms with Crippen LogP contribution in [0.4, 0.5) is 5.69 Å². The Labute approximate surface area is 223 Å². The van der Waals surface area contributed by atoms with Gasteiger partial charge in [-0.1, -0.05) is 48.5 Å². The van der Waals surface area contributed by atoms with Crippen molar-refractivity contribution in [3.8, 4) is 0 Å². The number of rotatable bonds is 10. The fourth-order valence-electron chi connectivity index (χ4n) is 5.35. The molecule has 8 heteroatoms. The number of morpholine rings is 1. The number of para-hydroxylation sites is 1. The maximum atomic E-state index is 13.4. The lowest BCUT2D eigenvalue weighted by atomic mass is 9.78. The summed E-state index contributed by atoms with van der Waals surface area (Å²) in [6.45, 7) is 8.01. The standard InChI is InChI=1S/C30H34N2O6/c1-3-36-28(33)25-24-14-15-30(38-24,26(25)29(34)37-4-2)27(31-23-8-6-5-7-9-23)22-12-10-21(11-13-22)20-32-16-18-35-19-17-32/h5-15,24,27,31H,3-4,16-20H2,1-2H3. The number of anilines is 1. The smallest absolute Gasteiger partial charge is 0.338 e. The maximum Gasteiger partial charge on any atom is 0.338 e. The van der Waals surface area contributed by atoms with E-state index in [4.69, 9.17) is 18.9 Å². The number of benzene rings is 2. The van der Waals surface area contributed by atoms with Gasteiger partial charge in [0.25, 0.3) is 0 Å². The highest BCUT2D eigenvalue weighted by Crippen LogP contribution is 2.51. The molecule has 2 aromatic rings. The minimum Gasteiger partial charge on any atom is -0.463 e. The molecular formula is C30H34N2O6. The molecule has 2 bridgehead atoms. The Morgan fingerprint density at radius 2 is 1.68 bits per heavy atom. The maximum absolute atomic E-state index is 13.4. The van der Waals surface area contributed by atoms with Gasteiger partial charge in [-0.15, -0.1) is 0 Å². The molecule has 38 heavy (non-hydrogen) atoms. The molecule has 1 N–H and O–H groups in total. The normalized spacial score (nSPS) is 23.4. The number of nitrogens with zero attached hydrogens (tertiary/aromatic N) is 1. The number of hydrogen-bond donors (Lipinski definition) is 1. The third-order valence-electron chi connectivity index (χ3n) is 7.10. The van der Waals surface area contributed by atoms with Crippen LogP contribution in [0.3, 0.4) is 0 Å². The van der Waals surface area contributed by atoms with Gasteiger partial charge in [0.05, 0.1) is 43.6 Å². The molecule has 0 radical (unpaired) electrons. The molecule has 0 saturated carbocycles. The molecular weight excluding hydrogens is 484 g/mol. The summed E-state index contributed by atoms with van der Waals surface area (Å²) < 4.78 is 22.7. The predicted molar refractivity (Wildman–Crippen MR) is 142 cm³/mol. The molecule has 1 fully saturated rings. The average molecular weight is 519 g/mol. The largest absolute Gasteiger partial charge is 0.463 e. The average Bonchev–Trinajstić information content (AvgIpc) is 3.52. The highest BCUT2D eigenvalue weighted by Gasteiger charge is 2.59. The summed E-state index contributed by atoms with van der Waals surface area (Å²) in [5.41, 5.74) is 2.11. The molecule has 0 amide bonds. The van der Waals surface area contributed by atoms with Crippen molar-refractivity contribution in [3.05, 3.63) is 89.0 Å². The fourth-order valence-corrected chi connectivity index (χ4v) is 5.35. The van der Waals surface area contributed by atoms with Crippen LogP contribution < -0.4 is 5.32 Å². The van der Waals surface area contributed by atoms with E-state index in [0.29, 0.717) is 0 Å². The summed E-state index contributed by atoms with van der Waals surface area (Å²) in [6.07, 6.45) is 3.00. The van der Waals surface area contributed by atoms with Crippen molar-refractivity contribution < 1.29 is 28.5 Å². The van der Waals surface area contributed by atoms with Crippen molar-refractivity contribution in [1.29, 1.82) is 0 Å². The lowest BCUT2D eigenvalue weighted by Crippen LogP contribution is -2.42. The second kappa shape index (κ2) is 11.5. The first-order valence-electron chi connectivity index (χ1n) is 13.2. The van der Waals surface area contributed by atoms with E-state index in [0.717, 1.165) is 44.1 Å². The van der Waals surface area contributed by atoms with E-state index in [1.165, 1.54) is 5.56 Å². The fraction of sp³-hybridized carbons (Fsp3) is 0.400. The molecule has 0 spiro atoms. The van der Waals surface area contributed by atoms with Gasteiger partial charge in [0.15, 0.2) is 0 Å². The lowest BCUT2D eigenvalue weighted by Gasteiger charge is -2.36. The Kier molecular flexibility index (Phi) is 7.93. The van der Waals surface area contributed by atoms with E-state index in [9.17, 15) is 9.59 Å². The number of nitrogens with one attached hydrogen (secondary N) is 1. The van der Waals surface area contributed by atoms with Gasteiger partial charge in [0.1, 0.15) is 11.7 Å². The van der Waals surface area contributed by atoms with Crippen molar-refractivity contribution in [2.75, 3.05) is 44.8 Å². The first-order chi connectivity index (χ1) is 18.6. The van der Waals surface area contributed by atoms with Gasteiger partial charge < -0.3 is 24.3 Å². The van der Waals surface area contributed by atoms with E-state index >= 15 is 0 Å². The van der Waals surface area contributed by atoms with Crippen molar-refractivity contribution in [2.24, 2.45) is 0 Å². The van der Waals surface area contributed by atoms with E-state index in [2.05, 4.69) is 34.5 Å². The van der Waals surface area contributed by atoms with Crippen molar-refractivity contribution in [1.82, 2.24) is 4.90 Å². The molecule has 3 aliphatic heterocycles. The van der Waals surface area contributed by atoms with Crippen LogP contribution in [0.2, 0.25) is 0 Å². The zero-order valence-corrected chi connectivity index (χ0v) is 21.9. The molecule has 0 aromatic heterocycles. The molecule has 3 atom stereocenters. The lowest BCUT2D eigenvalue weighted by molar-refractivity contribution is -0.142. The van der Waals surface area contributed by atoms with Gasteiger partial charge in [-0.25, -0.2) is 9.59 Å². The van der Waals surface area contributed by atoms with Gasteiger partial charge in [-0.05, 0) is 43.2 Å². The van der Waals surface area contributed by atoms with Crippen LogP contribution in [0.25, 0.3) is 0 Å². The number of esters is 2. The predicted octanol–water partition coefficient (Wildman–Crippen LogP) is 3.80. The van der Waals surface area contributed by atoms with Crippen molar-refractivity contribution in [3.63, 3.8) is 0 Å². The van der Waals surface area contributed by atoms with E-state index in [-0.39, 0.29) is 24.4 Å². The Balaban J connectivity index is 1.54. The van der Waals surface area contributed by atoms with E-state index in [1.54, 1.807) is 13.8 Å². The quantitative estimate of drug-likeness (QED) is 0.376. The number of carbonyl (C=O) groups is 2. The van der Waals surface area contributed by atoms with Crippen LogP contribution >= 0.6 is 0 Å². The number of hydrogen-bond acceptors (Lipinski definition) is 8. The summed E-state index contributed by atoms with van der Waals surface area (Å²) >= 11 is 0.